The number of para-hydroxylation sites is 1. The molecule has 3 aromatic rings. The van der Waals surface area contributed by atoms with Gasteiger partial charge < -0.3 is 10.3 Å². The van der Waals surface area contributed by atoms with Crippen LogP contribution in [0.5, 0.6) is 0 Å². The molecule has 0 unspecified atom stereocenters. The fraction of sp³-hybridized carbons (Fsp3) is 0.150. The van der Waals surface area contributed by atoms with Gasteiger partial charge in [0.2, 0.25) is 0 Å². The second-order valence-corrected chi connectivity index (χ2v) is 8.12. The third-order valence-corrected chi connectivity index (χ3v) is 5.82. The third kappa shape index (κ3) is 4.84. The maximum atomic E-state index is 12.7. The molecule has 0 spiro atoms. The van der Waals surface area contributed by atoms with Crippen LogP contribution in [0.3, 0.4) is 0 Å². The van der Waals surface area contributed by atoms with Crippen LogP contribution in [0.25, 0.3) is 0 Å². The highest BCUT2D eigenvalue weighted by molar-refractivity contribution is 7.92. The Hall–Kier alpha value is -3.66. The third-order valence-electron chi connectivity index (χ3n) is 4.30. The fourth-order valence-corrected chi connectivity index (χ4v) is 4.26. The molecule has 1 heterocycles. The minimum absolute atomic E-state index is 0.0136. The Kier molecular flexibility index (Phi) is 6.17. The summed E-state index contributed by atoms with van der Waals surface area (Å²) in [4.78, 5) is 39.4. The van der Waals surface area contributed by atoms with Crippen LogP contribution in [0.4, 0.5) is 5.69 Å². The summed E-state index contributed by atoms with van der Waals surface area (Å²) in [5.41, 5.74) is -0.795. The Morgan fingerprint density at radius 3 is 2.33 bits per heavy atom. The number of anilines is 1. The van der Waals surface area contributed by atoms with Crippen molar-refractivity contribution in [2.75, 3.05) is 11.3 Å². The number of nitrogens with one attached hydrogen (secondary N) is 4. The van der Waals surface area contributed by atoms with Crippen LogP contribution in [0.1, 0.15) is 21.6 Å². The predicted molar refractivity (Wildman–Crippen MR) is 112 cm³/mol. The van der Waals surface area contributed by atoms with Gasteiger partial charge in [-0.3, -0.25) is 19.3 Å². The summed E-state index contributed by atoms with van der Waals surface area (Å²) >= 11 is 0. The molecule has 1 aromatic heterocycles. The summed E-state index contributed by atoms with van der Waals surface area (Å²) in [6.45, 7) is 1.66. The molecule has 10 heteroatoms. The van der Waals surface area contributed by atoms with Gasteiger partial charge >= 0.3 is 5.69 Å². The Bertz CT molecular complexity index is 1280. The topological polar surface area (TPSA) is 141 Å². The van der Waals surface area contributed by atoms with Gasteiger partial charge in [0.05, 0.1) is 11.3 Å². The van der Waals surface area contributed by atoms with E-state index in [1.165, 1.54) is 19.1 Å². The summed E-state index contributed by atoms with van der Waals surface area (Å²) in [6.07, 6.45) is 0.617. The van der Waals surface area contributed by atoms with Crippen LogP contribution >= 0.6 is 0 Å². The van der Waals surface area contributed by atoms with Gasteiger partial charge in [-0.1, -0.05) is 42.5 Å². The molecule has 9 nitrogen and oxygen atoms in total. The lowest BCUT2D eigenvalue weighted by molar-refractivity contribution is 0.0955. The Balaban J connectivity index is 1.80. The number of aryl methyl sites for hydroxylation is 1. The first-order valence-corrected chi connectivity index (χ1v) is 10.5. The minimum Gasteiger partial charge on any atom is -0.352 e. The van der Waals surface area contributed by atoms with E-state index >= 15 is 0 Å². The second kappa shape index (κ2) is 8.78. The first kappa shape index (κ1) is 21.1. The van der Waals surface area contributed by atoms with Crippen LogP contribution < -0.4 is 21.3 Å². The number of benzene rings is 2. The summed E-state index contributed by atoms with van der Waals surface area (Å²) in [7, 11) is -4.35. The van der Waals surface area contributed by atoms with Crippen molar-refractivity contribution in [3.8, 4) is 0 Å². The molecular weight excluding hydrogens is 408 g/mol. The number of rotatable bonds is 7. The van der Waals surface area contributed by atoms with Crippen LogP contribution in [0, 0.1) is 6.92 Å². The van der Waals surface area contributed by atoms with Gasteiger partial charge in [-0.15, -0.1) is 0 Å². The van der Waals surface area contributed by atoms with Crippen molar-refractivity contribution in [2.24, 2.45) is 0 Å². The highest BCUT2D eigenvalue weighted by Crippen LogP contribution is 2.19. The molecule has 156 valence electrons. The zero-order valence-corrected chi connectivity index (χ0v) is 16.9. The molecule has 0 radical (unpaired) electrons. The average molecular weight is 428 g/mol. The molecule has 0 aliphatic rings. The summed E-state index contributed by atoms with van der Waals surface area (Å²) in [5, 5.41) is 2.75. The van der Waals surface area contributed by atoms with E-state index in [0.717, 1.165) is 5.56 Å². The van der Waals surface area contributed by atoms with E-state index in [0.29, 0.717) is 13.0 Å². The molecule has 0 saturated heterocycles. The summed E-state index contributed by atoms with van der Waals surface area (Å²) in [6, 6.07) is 15.6. The summed E-state index contributed by atoms with van der Waals surface area (Å²) in [5.74, 6) is -0.462. The zero-order valence-electron chi connectivity index (χ0n) is 16.1. The van der Waals surface area contributed by atoms with Gasteiger partial charge in [-0.05, 0) is 31.0 Å². The van der Waals surface area contributed by atoms with Gasteiger partial charge in [-0.25, -0.2) is 13.2 Å². The molecule has 0 aliphatic carbocycles. The number of carbonyl (C=O) groups excluding carboxylic acids is 1. The van der Waals surface area contributed by atoms with Crippen molar-refractivity contribution < 1.29 is 13.2 Å². The molecule has 0 bridgehead atoms. The van der Waals surface area contributed by atoms with Gasteiger partial charge in [0.25, 0.3) is 21.5 Å². The van der Waals surface area contributed by atoms with Crippen molar-refractivity contribution in [3.05, 3.63) is 92.3 Å². The lowest BCUT2D eigenvalue weighted by Gasteiger charge is -2.13. The number of amides is 1. The van der Waals surface area contributed by atoms with E-state index in [1.807, 2.05) is 35.3 Å². The van der Waals surface area contributed by atoms with E-state index in [9.17, 15) is 22.8 Å². The first-order valence-electron chi connectivity index (χ1n) is 9.05. The molecule has 3 rings (SSSR count). The number of hydrogen-bond donors (Lipinski definition) is 4. The van der Waals surface area contributed by atoms with E-state index in [-0.39, 0.29) is 16.9 Å². The first-order chi connectivity index (χ1) is 14.3. The van der Waals surface area contributed by atoms with Crippen LogP contribution in [-0.4, -0.2) is 30.8 Å². The summed E-state index contributed by atoms with van der Waals surface area (Å²) < 4.78 is 27.7. The number of aromatic nitrogens is 2. The molecule has 0 fully saturated rings. The van der Waals surface area contributed by atoms with Crippen molar-refractivity contribution in [1.29, 1.82) is 0 Å². The van der Waals surface area contributed by atoms with E-state index < -0.39 is 32.1 Å². The Labute approximate surface area is 172 Å². The predicted octanol–water partition coefficient (Wildman–Crippen LogP) is 1.14. The molecule has 0 atom stereocenters. The molecule has 0 aliphatic heterocycles. The van der Waals surface area contributed by atoms with Crippen molar-refractivity contribution in [2.45, 2.75) is 18.2 Å². The van der Waals surface area contributed by atoms with E-state index in [4.69, 9.17) is 0 Å². The standard InChI is InChI=1S/C20H20N4O5S/c1-13-17(19(26)23-20(27)22-13)30(28,29)24-16-10-6-5-9-15(16)18(25)21-12-11-14-7-3-2-4-8-14/h2-10,24H,11-12H2,1H3,(H,21,25)(H2,22,23,26,27). The largest absolute Gasteiger partial charge is 0.352 e. The lowest BCUT2D eigenvalue weighted by atomic mass is 10.1. The molecular formula is C20H20N4O5S. The highest BCUT2D eigenvalue weighted by Gasteiger charge is 2.24. The van der Waals surface area contributed by atoms with Gasteiger partial charge in [0.15, 0.2) is 4.90 Å². The van der Waals surface area contributed by atoms with E-state index in [1.54, 1.807) is 12.1 Å². The Morgan fingerprint density at radius 1 is 0.967 bits per heavy atom. The monoisotopic (exact) mass is 428 g/mol. The van der Waals surface area contributed by atoms with Gasteiger partial charge in [0.1, 0.15) is 0 Å². The van der Waals surface area contributed by atoms with Gasteiger partial charge in [-0.2, -0.15) is 0 Å². The SMILES string of the molecule is Cc1[nH]c(=O)[nH]c(=O)c1S(=O)(=O)Nc1ccccc1C(=O)NCCc1ccccc1. The van der Waals surface area contributed by atoms with Crippen LogP contribution in [0.15, 0.2) is 69.1 Å². The molecule has 1 amide bonds. The van der Waals surface area contributed by atoms with Crippen LogP contribution in [0.2, 0.25) is 0 Å². The lowest BCUT2D eigenvalue weighted by Crippen LogP contribution is -2.32. The van der Waals surface area contributed by atoms with Crippen LogP contribution in [-0.2, 0) is 16.4 Å². The number of aromatic amines is 2. The minimum atomic E-state index is -4.35. The Morgan fingerprint density at radius 2 is 1.63 bits per heavy atom. The van der Waals surface area contributed by atoms with Crippen molar-refractivity contribution >= 4 is 21.6 Å². The zero-order chi connectivity index (χ0) is 21.7. The molecule has 4 N–H and O–H groups in total. The maximum Gasteiger partial charge on any atom is 0.325 e. The maximum absolute atomic E-state index is 12.7. The highest BCUT2D eigenvalue weighted by atomic mass is 32.2. The average Bonchev–Trinajstić information content (AvgIpc) is 2.67. The quantitative estimate of drug-likeness (QED) is 0.447. The van der Waals surface area contributed by atoms with Crippen molar-refractivity contribution in [3.63, 3.8) is 0 Å². The number of sulfonamides is 1. The molecule has 2 aromatic carbocycles. The smallest absolute Gasteiger partial charge is 0.325 e. The molecule has 30 heavy (non-hydrogen) atoms. The molecule has 0 saturated carbocycles. The normalized spacial score (nSPS) is 11.1. The van der Waals surface area contributed by atoms with E-state index in [2.05, 4.69) is 15.0 Å². The van der Waals surface area contributed by atoms with Gasteiger partial charge in [0, 0.05) is 12.2 Å². The fourth-order valence-electron chi connectivity index (χ4n) is 2.94. The number of H-pyrrole nitrogens is 2. The number of carbonyl (C=O) groups is 1. The second-order valence-electron chi connectivity index (χ2n) is 6.50. The number of hydrogen-bond acceptors (Lipinski definition) is 5. The van der Waals surface area contributed by atoms with Crippen molar-refractivity contribution in [1.82, 2.24) is 15.3 Å².